The normalized spacial score (nSPS) is 10.8. The van der Waals surface area contributed by atoms with Crippen LogP contribution in [0.15, 0.2) is 41.3 Å². The summed E-state index contributed by atoms with van der Waals surface area (Å²) in [5.74, 6) is -0.137. The smallest absolute Gasteiger partial charge is 0.313 e. The van der Waals surface area contributed by atoms with Crippen molar-refractivity contribution in [3.63, 3.8) is 0 Å². The molecule has 0 radical (unpaired) electrons. The largest absolute Gasteiger partial charge is 0.448 e. The van der Waals surface area contributed by atoms with Crippen molar-refractivity contribution in [2.75, 3.05) is 24.3 Å². The third kappa shape index (κ3) is 4.16. The summed E-state index contributed by atoms with van der Waals surface area (Å²) in [5, 5.41) is 3.75. The molecule has 3 rings (SSSR count). The van der Waals surface area contributed by atoms with Gasteiger partial charge in [0.1, 0.15) is 0 Å². The first-order chi connectivity index (χ1) is 13.1. The maximum atomic E-state index is 13.8. The number of rotatable bonds is 8. The highest BCUT2D eigenvalue weighted by molar-refractivity contribution is 5.77. The van der Waals surface area contributed by atoms with Crippen molar-refractivity contribution in [2.45, 2.75) is 26.2 Å². The molecule has 0 unspecified atom stereocenters. The Labute approximate surface area is 156 Å². The van der Waals surface area contributed by atoms with E-state index >= 15 is 0 Å². The molecular formula is C19H22FN5O2. The summed E-state index contributed by atoms with van der Waals surface area (Å²) >= 11 is 0. The Kier molecular flexibility index (Phi) is 5.85. The number of anilines is 1. The highest BCUT2D eigenvalue weighted by Crippen LogP contribution is 2.24. The summed E-state index contributed by atoms with van der Waals surface area (Å²) in [5.41, 5.74) is 2.74. The van der Waals surface area contributed by atoms with Crippen LogP contribution < -0.4 is 21.0 Å². The van der Waals surface area contributed by atoms with Crippen LogP contribution in [0.5, 0.6) is 11.5 Å². The van der Waals surface area contributed by atoms with E-state index in [2.05, 4.69) is 27.6 Å². The summed E-state index contributed by atoms with van der Waals surface area (Å²) in [6, 6.07) is 7.43. The number of nitrogens with zero attached hydrogens (tertiary/aromatic N) is 3. The number of para-hydroxylation sites is 1. The molecule has 0 saturated carbocycles. The van der Waals surface area contributed by atoms with E-state index in [0.29, 0.717) is 17.0 Å². The van der Waals surface area contributed by atoms with Crippen LogP contribution in [0.1, 0.15) is 26.2 Å². The molecule has 2 heterocycles. The third-order valence-corrected chi connectivity index (χ3v) is 4.05. The van der Waals surface area contributed by atoms with Crippen molar-refractivity contribution in [1.82, 2.24) is 14.6 Å². The number of halogens is 1. The van der Waals surface area contributed by atoms with Crippen molar-refractivity contribution >= 4 is 17.0 Å². The average Bonchev–Trinajstić information content (AvgIpc) is 2.68. The van der Waals surface area contributed by atoms with Gasteiger partial charge in [0, 0.05) is 25.2 Å². The van der Waals surface area contributed by atoms with Gasteiger partial charge in [-0.15, -0.1) is 0 Å². The molecule has 0 amide bonds. The van der Waals surface area contributed by atoms with Crippen molar-refractivity contribution in [2.24, 2.45) is 0 Å². The lowest BCUT2D eigenvalue weighted by Gasteiger charge is -2.13. The van der Waals surface area contributed by atoms with Crippen LogP contribution in [0.25, 0.3) is 11.0 Å². The second kappa shape index (κ2) is 8.48. The molecule has 2 aromatic heterocycles. The first-order valence-corrected chi connectivity index (χ1v) is 8.91. The standard InChI is InChI=1S/C19H22FN5O2/c1-3-4-7-10-22-19-23-12-13-11-16(18(26)25(21-2)17(13)24-19)27-15-9-6-5-8-14(15)20/h5-6,8-9,11-12,21H,3-4,7,10H2,1-2H3,(H,22,23,24). The van der Waals surface area contributed by atoms with Crippen molar-refractivity contribution in [3.8, 4) is 11.5 Å². The van der Waals surface area contributed by atoms with Gasteiger partial charge in [-0.3, -0.25) is 4.79 Å². The molecule has 0 aliphatic carbocycles. The highest BCUT2D eigenvalue weighted by Gasteiger charge is 2.14. The number of unbranched alkanes of at least 4 members (excludes halogenated alkanes) is 2. The van der Waals surface area contributed by atoms with Gasteiger partial charge in [0.2, 0.25) is 5.95 Å². The quantitative estimate of drug-likeness (QED) is 0.590. The Balaban J connectivity index is 1.95. The van der Waals surface area contributed by atoms with Gasteiger partial charge in [-0.1, -0.05) is 31.9 Å². The summed E-state index contributed by atoms with van der Waals surface area (Å²) < 4.78 is 20.6. The molecule has 0 aliphatic rings. The number of benzene rings is 1. The molecule has 0 bridgehead atoms. The molecule has 2 N–H and O–H groups in total. The lowest BCUT2D eigenvalue weighted by Crippen LogP contribution is -2.28. The van der Waals surface area contributed by atoms with Crippen LogP contribution in [0.2, 0.25) is 0 Å². The van der Waals surface area contributed by atoms with Crippen LogP contribution in [0.4, 0.5) is 10.3 Å². The molecule has 3 aromatic rings. The fourth-order valence-electron chi connectivity index (χ4n) is 2.66. The van der Waals surface area contributed by atoms with Gasteiger partial charge >= 0.3 is 5.56 Å². The van der Waals surface area contributed by atoms with Gasteiger partial charge in [-0.2, -0.15) is 4.98 Å². The number of nitrogens with one attached hydrogen (secondary N) is 2. The minimum Gasteiger partial charge on any atom is -0.448 e. The van der Waals surface area contributed by atoms with E-state index in [1.165, 1.54) is 22.9 Å². The molecule has 1 aromatic carbocycles. The van der Waals surface area contributed by atoms with Crippen LogP contribution >= 0.6 is 0 Å². The van der Waals surface area contributed by atoms with E-state index in [4.69, 9.17) is 4.74 Å². The topological polar surface area (TPSA) is 81.1 Å². The minimum absolute atomic E-state index is 0.0193. The van der Waals surface area contributed by atoms with Gasteiger partial charge in [-0.05, 0) is 24.6 Å². The summed E-state index contributed by atoms with van der Waals surface area (Å²) in [6.45, 7) is 2.90. The molecule has 142 valence electrons. The summed E-state index contributed by atoms with van der Waals surface area (Å²) in [6.07, 6.45) is 4.88. The van der Waals surface area contributed by atoms with Crippen LogP contribution in [-0.4, -0.2) is 28.2 Å². The molecule has 0 spiro atoms. The van der Waals surface area contributed by atoms with Gasteiger partial charge in [0.05, 0.1) is 0 Å². The lowest BCUT2D eigenvalue weighted by atomic mass is 10.2. The number of hydrogen-bond acceptors (Lipinski definition) is 6. The van der Waals surface area contributed by atoms with E-state index in [0.717, 1.165) is 25.8 Å². The molecule has 0 aliphatic heterocycles. The van der Waals surface area contributed by atoms with E-state index in [-0.39, 0.29) is 11.5 Å². The van der Waals surface area contributed by atoms with Crippen molar-refractivity contribution in [1.29, 1.82) is 0 Å². The summed E-state index contributed by atoms with van der Waals surface area (Å²) in [7, 11) is 1.60. The fourth-order valence-corrected chi connectivity index (χ4v) is 2.66. The van der Waals surface area contributed by atoms with Crippen LogP contribution in [-0.2, 0) is 0 Å². The molecule has 0 atom stereocenters. The Hall–Kier alpha value is -3.16. The number of aromatic nitrogens is 3. The Morgan fingerprint density at radius 1 is 1.22 bits per heavy atom. The van der Waals surface area contributed by atoms with Crippen molar-refractivity contribution in [3.05, 3.63) is 52.7 Å². The van der Waals surface area contributed by atoms with Crippen LogP contribution in [0, 0.1) is 5.82 Å². The monoisotopic (exact) mass is 371 g/mol. The predicted molar refractivity (Wildman–Crippen MR) is 104 cm³/mol. The average molecular weight is 371 g/mol. The molecular weight excluding hydrogens is 349 g/mol. The molecule has 0 fully saturated rings. The zero-order valence-corrected chi connectivity index (χ0v) is 15.3. The Bertz CT molecular complexity index is 989. The Morgan fingerprint density at radius 3 is 2.78 bits per heavy atom. The number of fused-ring (bicyclic) bond motifs is 1. The first kappa shape index (κ1) is 18.6. The maximum absolute atomic E-state index is 13.8. The van der Waals surface area contributed by atoms with Gasteiger partial charge < -0.3 is 15.5 Å². The zero-order chi connectivity index (χ0) is 19.2. The zero-order valence-electron chi connectivity index (χ0n) is 15.3. The van der Waals surface area contributed by atoms with Gasteiger partial charge in [0.15, 0.2) is 23.0 Å². The number of ether oxygens (including phenoxy) is 1. The molecule has 27 heavy (non-hydrogen) atoms. The molecule has 8 heteroatoms. The fraction of sp³-hybridized carbons (Fsp3) is 0.316. The molecule has 0 saturated heterocycles. The lowest BCUT2D eigenvalue weighted by molar-refractivity contribution is 0.435. The van der Waals surface area contributed by atoms with Crippen molar-refractivity contribution < 1.29 is 9.13 Å². The number of hydrogen-bond donors (Lipinski definition) is 2. The van der Waals surface area contributed by atoms with E-state index in [9.17, 15) is 9.18 Å². The third-order valence-electron chi connectivity index (χ3n) is 4.05. The second-order valence-electron chi connectivity index (χ2n) is 6.01. The maximum Gasteiger partial charge on any atom is 0.313 e. The van der Waals surface area contributed by atoms with Crippen LogP contribution in [0.3, 0.4) is 0 Å². The first-order valence-electron chi connectivity index (χ1n) is 8.91. The minimum atomic E-state index is -0.545. The SMILES string of the molecule is CCCCCNc1ncc2cc(Oc3ccccc3F)c(=O)n(NC)c2n1. The van der Waals surface area contributed by atoms with E-state index in [1.54, 1.807) is 25.4 Å². The highest BCUT2D eigenvalue weighted by atomic mass is 19.1. The summed E-state index contributed by atoms with van der Waals surface area (Å²) in [4.78, 5) is 21.4. The predicted octanol–water partition coefficient (Wildman–Crippen LogP) is 3.50. The van der Waals surface area contributed by atoms with E-state index < -0.39 is 11.4 Å². The second-order valence-corrected chi connectivity index (χ2v) is 6.01. The van der Waals surface area contributed by atoms with E-state index in [1.807, 2.05) is 0 Å². The van der Waals surface area contributed by atoms with Gasteiger partial charge in [-0.25, -0.2) is 14.1 Å². The Morgan fingerprint density at radius 2 is 2.04 bits per heavy atom. The molecule has 7 nitrogen and oxygen atoms in total. The number of pyridine rings is 1. The van der Waals surface area contributed by atoms with Gasteiger partial charge in [0.25, 0.3) is 0 Å².